The van der Waals surface area contributed by atoms with Gasteiger partial charge in [0.25, 0.3) is 5.91 Å². The Labute approximate surface area is 139 Å². The van der Waals surface area contributed by atoms with Crippen LogP contribution < -0.4 is 5.32 Å². The molecule has 3 aromatic heterocycles. The molecule has 120 valence electrons. The molecule has 0 aliphatic carbocycles. The molecule has 0 aromatic carbocycles. The first-order valence-electron chi connectivity index (χ1n) is 7.65. The number of carbonyl (C=O) groups is 1. The number of thiophene rings is 1. The summed E-state index contributed by atoms with van der Waals surface area (Å²) >= 11 is 1.72. The lowest BCUT2D eigenvalue weighted by Crippen LogP contribution is -2.26. The Morgan fingerprint density at radius 1 is 1.30 bits per heavy atom. The molecule has 1 N–H and O–H groups in total. The highest BCUT2D eigenvalue weighted by atomic mass is 32.1. The topological polar surface area (TPSA) is 47.2 Å². The fourth-order valence-corrected chi connectivity index (χ4v) is 3.39. The van der Waals surface area contributed by atoms with Crippen molar-refractivity contribution in [3.63, 3.8) is 0 Å². The first-order valence-corrected chi connectivity index (χ1v) is 8.53. The van der Waals surface area contributed by atoms with Crippen molar-refractivity contribution in [2.24, 2.45) is 0 Å². The number of carbonyl (C=O) groups excluding carboxylic acids is 1. The minimum absolute atomic E-state index is 0.0136. The standard InChI is InChI=1S/C18H20N2O2S/c1-13-11-17(14(2)20(13)12-15-5-3-9-22-15)18(21)19-8-7-16-6-4-10-23-16/h3-6,9-11H,7-8,12H2,1-2H3,(H,19,21). The molecular weight excluding hydrogens is 308 g/mol. The normalized spacial score (nSPS) is 10.9. The van der Waals surface area contributed by atoms with Gasteiger partial charge >= 0.3 is 0 Å². The Kier molecular flexibility index (Phi) is 4.67. The van der Waals surface area contributed by atoms with Crippen molar-refractivity contribution in [3.05, 3.63) is 69.6 Å². The highest BCUT2D eigenvalue weighted by Gasteiger charge is 2.16. The van der Waals surface area contributed by atoms with Gasteiger partial charge in [-0.3, -0.25) is 4.79 Å². The summed E-state index contributed by atoms with van der Waals surface area (Å²) in [6.07, 6.45) is 2.54. The summed E-state index contributed by atoms with van der Waals surface area (Å²) in [7, 11) is 0. The number of hydrogen-bond donors (Lipinski definition) is 1. The van der Waals surface area contributed by atoms with E-state index in [1.807, 2.05) is 38.1 Å². The number of hydrogen-bond acceptors (Lipinski definition) is 3. The van der Waals surface area contributed by atoms with Crippen molar-refractivity contribution >= 4 is 17.2 Å². The van der Waals surface area contributed by atoms with Gasteiger partial charge in [-0.25, -0.2) is 0 Å². The number of nitrogens with zero attached hydrogens (tertiary/aromatic N) is 1. The van der Waals surface area contributed by atoms with Crippen LogP contribution in [-0.4, -0.2) is 17.0 Å². The molecule has 0 saturated heterocycles. The molecule has 0 spiro atoms. The van der Waals surface area contributed by atoms with Gasteiger partial charge in [0.15, 0.2) is 0 Å². The average Bonchev–Trinajstić information content (AvgIpc) is 3.26. The van der Waals surface area contributed by atoms with E-state index in [0.29, 0.717) is 13.1 Å². The molecule has 3 rings (SSSR count). The summed E-state index contributed by atoms with van der Waals surface area (Å²) in [5.41, 5.74) is 2.76. The SMILES string of the molecule is Cc1cc(C(=O)NCCc2cccs2)c(C)n1Cc1ccco1. The van der Waals surface area contributed by atoms with Gasteiger partial charge in [0.2, 0.25) is 0 Å². The predicted octanol–water partition coefficient (Wildman–Crippen LogP) is 3.78. The molecule has 0 unspecified atom stereocenters. The fourth-order valence-electron chi connectivity index (χ4n) is 2.68. The maximum Gasteiger partial charge on any atom is 0.253 e. The van der Waals surface area contributed by atoms with Crippen LogP contribution in [0.1, 0.15) is 32.4 Å². The minimum atomic E-state index is -0.0136. The third kappa shape index (κ3) is 3.56. The van der Waals surface area contributed by atoms with E-state index in [2.05, 4.69) is 21.3 Å². The number of rotatable bonds is 6. The molecule has 23 heavy (non-hydrogen) atoms. The van der Waals surface area contributed by atoms with Crippen LogP contribution in [0.5, 0.6) is 0 Å². The van der Waals surface area contributed by atoms with Crippen molar-refractivity contribution < 1.29 is 9.21 Å². The van der Waals surface area contributed by atoms with E-state index in [1.165, 1.54) is 4.88 Å². The average molecular weight is 328 g/mol. The summed E-state index contributed by atoms with van der Waals surface area (Å²) in [5, 5.41) is 5.06. The summed E-state index contributed by atoms with van der Waals surface area (Å²) in [6, 6.07) is 9.89. The summed E-state index contributed by atoms with van der Waals surface area (Å²) in [4.78, 5) is 13.7. The maximum absolute atomic E-state index is 12.4. The van der Waals surface area contributed by atoms with E-state index in [0.717, 1.165) is 29.1 Å². The smallest absolute Gasteiger partial charge is 0.253 e. The lowest BCUT2D eigenvalue weighted by molar-refractivity contribution is 0.0953. The van der Waals surface area contributed by atoms with E-state index in [4.69, 9.17) is 4.42 Å². The van der Waals surface area contributed by atoms with Crippen LogP contribution in [0.25, 0.3) is 0 Å². The van der Waals surface area contributed by atoms with Gasteiger partial charge in [-0.05, 0) is 49.9 Å². The third-order valence-corrected chi connectivity index (χ3v) is 4.89. The largest absolute Gasteiger partial charge is 0.467 e. The van der Waals surface area contributed by atoms with Crippen molar-refractivity contribution in [1.29, 1.82) is 0 Å². The Morgan fingerprint density at radius 2 is 2.17 bits per heavy atom. The van der Waals surface area contributed by atoms with E-state index >= 15 is 0 Å². The van der Waals surface area contributed by atoms with Crippen LogP contribution in [0, 0.1) is 13.8 Å². The first kappa shape index (κ1) is 15.6. The number of furan rings is 1. The van der Waals surface area contributed by atoms with E-state index in [1.54, 1.807) is 17.6 Å². The molecule has 0 saturated carbocycles. The second-order valence-corrected chi connectivity index (χ2v) is 6.57. The molecule has 3 aromatic rings. The zero-order valence-electron chi connectivity index (χ0n) is 13.3. The van der Waals surface area contributed by atoms with Gasteiger partial charge < -0.3 is 14.3 Å². The molecule has 3 heterocycles. The molecule has 0 aliphatic rings. The van der Waals surface area contributed by atoms with Crippen LogP contribution in [0.15, 0.2) is 46.4 Å². The number of amides is 1. The number of aromatic nitrogens is 1. The van der Waals surface area contributed by atoms with E-state index < -0.39 is 0 Å². The maximum atomic E-state index is 12.4. The molecule has 0 bridgehead atoms. The number of aryl methyl sites for hydroxylation is 1. The Morgan fingerprint density at radius 3 is 2.87 bits per heavy atom. The predicted molar refractivity (Wildman–Crippen MR) is 92.1 cm³/mol. The van der Waals surface area contributed by atoms with Crippen LogP contribution in [0.2, 0.25) is 0 Å². The van der Waals surface area contributed by atoms with Crippen LogP contribution >= 0.6 is 11.3 Å². The second kappa shape index (κ2) is 6.87. The molecule has 1 amide bonds. The van der Waals surface area contributed by atoms with E-state index in [-0.39, 0.29) is 5.91 Å². The van der Waals surface area contributed by atoms with Gasteiger partial charge in [-0.1, -0.05) is 6.07 Å². The molecule has 0 fully saturated rings. The molecular formula is C18H20N2O2S. The third-order valence-electron chi connectivity index (χ3n) is 3.95. The summed E-state index contributed by atoms with van der Waals surface area (Å²) < 4.78 is 7.51. The fraction of sp³-hybridized carbons (Fsp3) is 0.278. The minimum Gasteiger partial charge on any atom is -0.467 e. The Hall–Kier alpha value is -2.27. The van der Waals surface area contributed by atoms with Gasteiger partial charge in [0.1, 0.15) is 5.76 Å². The van der Waals surface area contributed by atoms with E-state index in [9.17, 15) is 4.79 Å². The molecule has 0 atom stereocenters. The zero-order valence-corrected chi connectivity index (χ0v) is 14.2. The van der Waals surface area contributed by atoms with Crippen LogP contribution in [0.3, 0.4) is 0 Å². The van der Waals surface area contributed by atoms with Crippen molar-refractivity contribution in [3.8, 4) is 0 Å². The van der Waals surface area contributed by atoms with Crippen LogP contribution in [0.4, 0.5) is 0 Å². The Bertz CT molecular complexity index is 770. The van der Waals surface area contributed by atoms with Crippen molar-refractivity contribution in [2.75, 3.05) is 6.54 Å². The van der Waals surface area contributed by atoms with Gasteiger partial charge in [-0.15, -0.1) is 11.3 Å². The zero-order chi connectivity index (χ0) is 16.2. The number of nitrogens with one attached hydrogen (secondary N) is 1. The lowest BCUT2D eigenvalue weighted by atomic mass is 10.2. The molecule has 0 radical (unpaired) electrons. The lowest BCUT2D eigenvalue weighted by Gasteiger charge is -2.08. The molecule has 4 nitrogen and oxygen atoms in total. The highest BCUT2D eigenvalue weighted by molar-refractivity contribution is 7.09. The van der Waals surface area contributed by atoms with Gasteiger partial charge in [0.05, 0.1) is 18.4 Å². The van der Waals surface area contributed by atoms with Gasteiger partial charge in [-0.2, -0.15) is 0 Å². The van der Waals surface area contributed by atoms with Crippen LogP contribution in [-0.2, 0) is 13.0 Å². The van der Waals surface area contributed by atoms with Crippen molar-refractivity contribution in [2.45, 2.75) is 26.8 Å². The highest BCUT2D eigenvalue weighted by Crippen LogP contribution is 2.17. The molecule has 0 aliphatic heterocycles. The van der Waals surface area contributed by atoms with Gasteiger partial charge in [0, 0.05) is 22.8 Å². The summed E-state index contributed by atoms with van der Waals surface area (Å²) in [5.74, 6) is 0.872. The first-order chi connectivity index (χ1) is 11.1. The Balaban J connectivity index is 1.66. The monoisotopic (exact) mass is 328 g/mol. The quantitative estimate of drug-likeness (QED) is 0.748. The summed E-state index contributed by atoms with van der Waals surface area (Å²) in [6.45, 7) is 5.29. The molecule has 5 heteroatoms. The second-order valence-electron chi connectivity index (χ2n) is 5.54. The van der Waals surface area contributed by atoms with Crippen molar-refractivity contribution in [1.82, 2.24) is 9.88 Å².